The fourth-order valence-electron chi connectivity index (χ4n) is 2.77. The zero-order valence-electron chi connectivity index (χ0n) is 14.3. The molecule has 3 rings (SSSR count). The highest BCUT2D eigenvalue weighted by Gasteiger charge is 2.43. The molecule has 1 amide bonds. The smallest absolute Gasteiger partial charge is 0.330 e. The quantitative estimate of drug-likeness (QED) is 0.744. The molecular formula is C18H18FNO5S. The minimum atomic E-state index is -0.712. The summed E-state index contributed by atoms with van der Waals surface area (Å²) >= 11 is 1.44. The van der Waals surface area contributed by atoms with Crippen molar-refractivity contribution in [2.45, 2.75) is 24.9 Å². The first-order valence-corrected chi connectivity index (χ1v) is 8.99. The van der Waals surface area contributed by atoms with E-state index < -0.39 is 17.8 Å². The first-order valence-electron chi connectivity index (χ1n) is 7.94. The second kappa shape index (κ2) is 7.82. The summed E-state index contributed by atoms with van der Waals surface area (Å²) in [6, 6.07) is 7.13. The van der Waals surface area contributed by atoms with Gasteiger partial charge in [0, 0.05) is 12.7 Å². The highest BCUT2D eigenvalue weighted by molar-refractivity contribution is 7.99. The van der Waals surface area contributed by atoms with Gasteiger partial charge in [-0.2, -0.15) is 0 Å². The Bertz CT molecular complexity index is 795. The lowest BCUT2D eigenvalue weighted by atomic mass is 10.2. The number of methoxy groups -OCH3 is 1. The average Bonchev–Trinajstić information content (AvgIpc) is 3.28. The Morgan fingerprint density at radius 2 is 2.19 bits per heavy atom. The fraction of sp³-hybridized carbons (Fsp3) is 0.333. The Labute approximate surface area is 154 Å². The van der Waals surface area contributed by atoms with E-state index in [1.54, 1.807) is 18.2 Å². The lowest BCUT2D eigenvalue weighted by molar-refractivity contribution is -0.154. The number of nitrogens with zero attached hydrogens (tertiary/aromatic N) is 1. The van der Waals surface area contributed by atoms with Gasteiger partial charge >= 0.3 is 5.97 Å². The summed E-state index contributed by atoms with van der Waals surface area (Å²) in [7, 11) is 1.38. The number of carbonyl (C=O) groups is 2. The number of ether oxygens (including phenoxy) is 2. The van der Waals surface area contributed by atoms with Gasteiger partial charge in [0.1, 0.15) is 23.8 Å². The van der Waals surface area contributed by atoms with Crippen LogP contribution in [0.5, 0.6) is 5.75 Å². The van der Waals surface area contributed by atoms with Crippen molar-refractivity contribution < 1.29 is 27.9 Å². The molecule has 0 saturated carbocycles. The lowest BCUT2D eigenvalue weighted by Crippen LogP contribution is -2.42. The highest BCUT2D eigenvalue weighted by atomic mass is 32.2. The van der Waals surface area contributed by atoms with Gasteiger partial charge in [0.25, 0.3) is 0 Å². The van der Waals surface area contributed by atoms with E-state index in [1.807, 2.05) is 0 Å². The number of esters is 1. The molecule has 0 unspecified atom stereocenters. The van der Waals surface area contributed by atoms with Crippen LogP contribution >= 0.6 is 11.8 Å². The first kappa shape index (κ1) is 18.3. The second-order valence-corrected chi connectivity index (χ2v) is 6.83. The minimum absolute atomic E-state index is 0.0852. The van der Waals surface area contributed by atoms with Crippen molar-refractivity contribution in [3.05, 3.63) is 53.7 Å². The summed E-state index contributed by atoms with van der Waals surface area (Å²) in [5, 5.41) is -0.363. The van der Waals surface area contributed by atoms with Gasteiger partial charge in [0.05, 0.1) is 13.4 Å². The zero-order chi connectivity index (χ0) is 18.7. The molecule has 1 fully saturated rings. The molecular weight excluding hydrogens is 361 g/mol. The third-order valence-electron chi connectivity index (χ3n) is 4.02. The van der Waals surface area contributed by atoms with Gasteiger partial charge in [-0.1, -0.05) is 6.07 Å². The van der Waals surface area contributed by atoms with E-state index in [4.69, 9.17) is 13.9 Å². The van der Waals surface area contributed by atoms with Crippen molar-refractivity contribution >= 4 is 23.6 Å². The van der Waals surface area contributed by atoms with Crippen LogP contribution in [0.4, 0.5) is 4.39 Å². The van der Waals surface area contributed by atoms with Gasteiger partial charge in [0.15, 0.2) is 11.6 Å². The highest BCUT2D eigenvalue weighted by Crippen LogP contribution is 2.41. The number of amides is 1. The van der Waals surface area contributed by atoms with Gasteiger partial charge in [-0.25, -0.2) is 9.18 Å². The molecule has 6 nitrogen and oxygen atoms in total. The Kier molecular flexibility index (Phi) is 5.51. The molecule has 2 atom stereocenters. The van der Waals surface area contributed by atoms with Crippen molar-refractivity contribution in [2.24, 2.45) is 0 Å². The topological polar surface area (TPSA) is 69.0 Å². The van der Waals surface area contributed by atoms with Gasteiger partial charge in [-0.3, -0.25) is 4.79 Å². The second-order valence-electron chi connectivity index (χ2n) is 5.72. The summed E-state index contributed by atoms with van der Waals surface area (Å²) in [4.78, 5) is 26.0. The van der Waals surface area contributed by atoms with Crippen molar-refractivity contribution in [3.63, 3.8) is 0 Å². The normalized spacial score (nSPS) is 19.4. The molecule has 0 aliphatic carbocycles. The number of rotatable bonds is 5. The SMILES string of the molecule is COc1ccc(COC(=O)[C@@H]2CS[C@H](c3ccco3)N2C(C)=O)cc1F. The van der Waals surface area contributed by atoms with Crippen LogP contribution < -0.4 is 4.74 Å². The van der Waals surface area contributed by atoms with Crippen LogP contribution in [0.1, 0.15) is 23.6 Å². The van der Waals surface area contributed by atoms with Crippen LogP contribution in [0.2, 0.25) is 0 Å². The third kappa shape index (κ3) is 3.70. The number of furan rings is 1. The van der Waals surface area contributed by atoms with Crippen LogP contribution in [0.25, 0.3) is 0 Å². The van der Waals surface area contributed by atoms with Gasteiger partial charge in [0.2, 0.25) is 5.91 Å². The molecule has 138 valence electrons. The maximum Gasteiger partial charge on any atom is 0.330 e. The largest absolute Gasteiger partial charge is 0.494 e. The number of thioether (sulfide) groups is 1. The van der Waals surface area contributed by atoms with E-state index in [1.165, 1.54) is 49.1 Å². The molecule has 1 aliphatic heterocycles. The molecule has 1 aliphatic rings. The van der Waals surface area contributed by atoms with E-state index in [2.05, 4.69) is 0 Å². The van der Waals surface area contributed by atoms with Gasteiger partial charge in [-0.05, 0) is 29.8 Å². The predicted octanol–water partition coefficient (Wildman–Crippen LogP) is 3.13. The third-order valence-corrected chi connectivity index (χ3v) is 5.30. The Morgan fingerprint density at radius 3 is 2.81 bits per heavy atom. The van der Waals surface area contributed by atoms with Gasteiger partial charge in [-0.15, -0.1) is 11.8 Å². The van der Waals surface area contributed by atoms with Crippen molar-refractivity contribution in [1.82, 2.24) is 4.90 Å². The lowest BCUT2D eigenvalue weighted by Gasteiger charge is -2.25. The van der Waals surface area contributed by atoms with Crippen LogP contribution in [-0.4, -0.2) is 35.7 Å². The maximum absolute atomic E-state index is 13.7. The molecule has 2 heterocycles. The summed E-state index contributed by atoms with van der Waals surface area (Å²) in [6.07, 6.45) is 1.53. The first-order chi connectivity index (χ1) is 12.5. The molecule has 26 heavy (non-hydrogen) atoms. The monoisotopic (exact) mass is 379 g/mol. The Morgan fingerprint density at radius 1 is 1.38 bits per heavy atom. The number of carbonyl (C=O) groups excluding carboxylic acids is 2. The molecule has 0 spiro atoms. The Balaban J connectivity index is 1.67. The van der Waals surface area contributed by atoms with Crippen molar-refractivity contribution in [2.75, 3.05) is 12.9 Å². The molecule has 2 aromatic rings. The molecule has 0 N–H and O–H groups in total. The molecule has 0 radical (unpaired) electrons. The summed E-state index contributed by atoms with van der Waals surface area (Å²) in [6.45, 7) is 1.32. The number of halogens is 1. The Hall–Kier alpha value is -2.48. The van der Waals surface area contributed by atoms with E-state index in [-0.39, 0.29) is 23.6 Å². The van der Waals surface area contributed by atoms with E-state index in [0.717, 1.165) is 0 Å². The van der Waals surface area contributed by atoms with E-state index in [0.29, 0.717) is 17.1 Å². The predicted molar refractivity (Wildman–Crippen MR) is 93.0 cm³/mol. The standard InChI is InChI=1S/C18H18FNO5S/c1-11(21)20-14(10-26-17(20)16-4-3-7-24-16)18(22)25-9-12-5-6-15(23-2)13(19)8-12/h3-8,14,17H,9-10H2,1-2H3/t14-,17+/m0/s1. The maximum atomic E-state index is 13.7. The fourth-order valence-corrected chi connectivity index (χ4v) is 4.19. The zero-order valence-corrected chi connectivity index (χ0v) is 15.1. The van der Waals surface area contributed by atoms with Crippen LogP contribution in [-0.2, 0) is 20.9 Å². The van der Waals surface area contributed by atoms with Crippen LogP contribution in [0, 0.1) is 5.82 Å². The van der Waals surface area contributed by atoms with Crippen LogP contribution in [0.15, 0.2) is 41.0 Å². The van der Waals surface area contributed by atoms with Crippen molar-refractivity contribution in [1.29, 1.82) is 0 Å². The minimum Gasteiger partial charge on any atom is -0.494 e. The molecule has 8 heteroatoms. The summed E-state index contributed by atoms with van der Waals surface area (Å²) < 4.78 is 29.2. The van der Waals surface area contributed by atoms with E-state index in [9.17, 15) is 14.0 Å². The molecule has 0 bridgehead atoms. The van der Waals surface area contributed by atoms with Gasteiger partial charge < -0.3 is 18.8 Å². The summed E-state index contributed by atoms with van der Waals surface area (Å²) in [5.74, 6) is -0.164. The number of benzene rings is 1. The number of hydrogen-bond donors (Lipinski definition) is 0. The molecule has 1 aromatic carbocycles. The van der Waals surface area contributed by atoms with Crippen molar-refractivity contribution in [3.8, 4) is 5.75 Å². The van der Waals surface area contributed by atoms with E-state index >= 15 is 0 Å². The molecule has 1 aromatic heterocycles. The summed E-state index contributed by atoms with van der Waals surface area (Å²) in [5.41, 5.74) is 0.499. The number of hydrogen-bond acceptors (Lipinski definition) is 6. The molecule has 1 saturated heterocycles. The average molecular weight is 379 g/mol. The van der Waals surface area contributed by atoms with Crippen LogP contribution in [0.3, 0.4) is 0 Å².